The Kier molecular flexibility index (Phi) is 3.52. The Bertz CT molecular complexity index is 519. The van der Waals surface area contributed by atoms with Crippen LogP contribution in [0.25, 0.3) is 0 Å². The van der Waals surface area contributed by atoms with Gasteiger partial charge in [-0.05, 0) is 25.1 Å². The van der Waals surface area contributed by atoms with Crippen molar-refractivity contribution in [3.8, 4) is 5.75 Å². The Hall–Kier alpha value is -1.62. The first kappa shape index (κ1) is 12.8. The third kappa shape index (κ3) is 2.31. The minimum atomic E-state index is -0.494. The fraction of sp³-hybridized carbons (Fsp3) is 0.333. The van der Waals surface area contributed by atoms with Crippen LogP contribution in [0.4, 0.5) is 4.39 Å². The molecule has 96 valence electrons. The Morgan fingerprint density at radius 2 is 2.39 bits per heavy atom. The SMILES string of the molecule is CC1=NN(C(=O)CCl)C(c2cc(F)ccc2O)C1. The summed E-state index contributed by atoms with van der Waals surface area (Å²) < 4.78 is 13.2. The molecule has 1 heterocycles. The molecule has 1 amide bonds. The number of hydrogen-bond acceptors (Lipinski definition) is 3. The fourth-order valence-corrected chi connectivity index (χ4v) is 2.11. The molecule has 0 saturated heterocycles. The Morgan fingerprint density at radius 3 is 3.06 bits per heavy atom. The van der Waals surface area contributed by atoms with Gasteiger partial charge in [-0.25, -0.2) is 9.40 Å². The molecule has 0 aromatic heterocycles. The molecule has 0 fully saturated rings. The third-order valence-corrected chi connectivity index (χ3v) is 3.01. The molecule has 2 rings (SSSR count). The van der Waals surface area contributed by atoms with E-state index in [9.17, 15) is 14.3 Å². The monoisotopic (exact) mass is 270 g/mol. The van der Waals surface area contributed by atoms with E-state index in [1.54, 1.807) is 6.92 Å². The quantitative estimate of drug-likeness (QED) is 0.839. The zero-order valence-corrected chi connectivity index (χ0v) is 10.5. The molecule has 18 heavy (non-hydrogen) atoms. The topological polar surface area (TPSA) is 52.9 Å². The molecule has 0 spiro atoms. The van der Waals surface area contributed by atoms with E-state index in [1.165, 1.54) is 17.1 Å². The van der Waals surface area contributed by atoms with Gasteiger partial charge >= 0.3 is 0 Å². The first-order valence-corrected chi connectivity index (χ1v) is 5.97. The van der Waals surface area contributed by atoms with Gasteiger partial charge in [-0.3, -0.25) is 4.79 Å². The van der Waals surface area contributed by atoms with Crippen LogP contribution >= 0.6 is 11.6 Å². The average Bonchev–Trinajstić information content (AvgIpc) is 2.73. The van der Waals surface area contributed by atoms with Crippen molar-refractivity contribution in [2.24, 2.45) is 5.10 Å². The number of hydrogen-bond donors (Lipinski definition) is 1. The summed E-state index contributed by atoms with van der Waals surface area (Å²) in [5, 5.41) is 15.0. The molecule has 6 heteroatoms. The van der Waals surface area contributed by atoms with Gasteiger partial charge in [0.05, 0.1) is 6.04 Å². The van der Waals surface area contributed by atoms with Gasteiger partial charge in [0.2, 0.25) is 0 Å². The van der Waals surface area contributed by atoms with Gasteiger partial charge in [-0.1, -0.05) is 0 Å². The molecule has 1 aromatic rings. The molecule has 4 nitrogen and oxygen atoms in total. The van der Waals surface area contributed by atoms with E-state index in [1.807, 2.05) is 0 Å². The molecule has 0 aliphatic carbocycles. The number of amides is 1. The zero-order valence-electron chi connectivity index (χ0n) is 9.73. The highest BCUT2D eigenvalue weighted by molar-refractivity contribution is 6.27. The summed E-state index contributed by atoms with van der Waals surface area (Å²) in [7, 11) is 0. The molecule has 1 aliphatic heterocycles. The Labute approximate surface area is 109 Å². The second-order valence-corrected chi connectivity index (χ2v) is 4.40. The van der Waals surface area contributed by atoms with Gasteiger partial charge in [0, 0.05) is 17.7 Å². The van der Waals surface area contributed by atoms with Crippen LogP contribution in [0.3, 0.4) is 0 Å². The number of benzene rings is 1. The van der Waals surface area contributed by atoms with E-state index in [2.05, 4.69) is 5.10 Å². The van der Waals surface area contributed by atoms with Crippen LogP contribution in [0.15, 0.2) is 23.3 Å². The van der Waals surface area contributed by atoms with E-state index in [4.69, 9.17) is 11.6 Å². The molecule has 1 aliphatic rings. The normalized spacial score (nSPS) is 18.9. The maximum absolute atomic E-state index is 13.2. The lowest BCUT2D eigenvalue weighted by Gasteiger charge is -2.22. The van der Waals surface area contributed by atoms with Crippen molar-refractivity contribution in [3.05, 3.63) is 29.6 Å². The fourth-order valence-electron chi connectivity index (χ4n) is 1.99. The number of hydrazone groups is 1. The van der Waals surface area contributed by atoms with Crippen LogP contribution in [0.5, 0.6) is 5.75 Å². The maximum atomic E-state index is 13.2. The van der Waals surface area contributed by atoms with Crippen molar-refractivity contribution in [3.63, 3.8) is 0 Å². The van der Waals surface area contributed by atoms with Crippen molar-refractivity contribution in [1.82, 2.24) is 5.01 Å². The van der Waals surface area contributed by atoms with Crippen LogP contribution in [-0.4, -0.2) is 27.6 Å². The van der Waals surface area contributed by atoms with Crippen molar-refractivity contribution in [2.45, 2.75) is 19.4 Å². The zero-order chi connectivity index (χ0) is 13.3. The van der Waals surface area contributed by atoms with Gasteiger partial charge in [0.1, 0.15) is 17.4 Å². The van der Waals surface area contributed by atoms with Crippen molar-refractivity contribution >= 4 is 23.2 Å². The summed E-state index contributed by atoms with van der Waals surface area (Å²) in [6.07, 6.45) is 0.458. The summed E-state index contributed by atoms with van der Waals surface area (Å²) in [6.45, 7) is 1.77. The number of carbonyl (C=O) groups excluding carboxylic acids is 1. The number of alkyl halides is 1. The summed E-state index contributed by atoms with van der Waals surface area (Å²) in [6, 6.07) is 3.14. The van der Waals surface area contributed by atoms with Crippen LogP contribution in [0, 0.1) is 5.82 Å². The molecule has 0 saturated carbocycles. The molecular weight excluding hydrogens is 259 g/mol. The lowest BCUT2D eigenvalue weighted by Crippen LogP contribution is -2.28. The summed E-state index contributed by atoms with van der Waals surface area (Å²) in [4.78, 5) is 11.7. The highest BCUT2D eigenvalue weighted by Gasteiger charge is 2.32. The predicted octanol–water partition coefficient (Wildman–Crippen LogP) is 2.42. The minimum absolute atomic E-state index is 0.0568. The lowest BCUT2D eigenvalue weighted by atomic mass is 10.0. The first-order valence-electron chi connectivity index (χ1n) is 5.43. The molecule has 0 bridgehead atoms. The number of phenols is 1. The first-order chi connectivity index (χ1) is 8.52. The smallest absolute Gasteiger partial charge is 0.258 e. The lowest BCUT2D eigenvalue weighted by molar-refractivity contribution is -0.130. The van der Waals surface area contributed by atoms with E-state index in [0.717, 1.165) is 11.8 Å². The van der Waals surface area contributed by atoms with Gasteiger partial charge in [-0.2, -0.15) is 5.10 Å². The van der Waals surface area contributed by atoms with Gasteiger partial charge in [0.15, 0.2) is 0 Å². The van der Waals surface area contributed by atoms with Crippen molar-refractivity contribution in [2.75, 3.05) is 5.88 Å². The maximum Gasteiger partial charge on any atom is 0.258 e. The highest BCUT2D eigenvalue weighted by atomic mass is 35.5. The second kappa shape index (κ2) is 4.94. The number of carbonyl (C=O) groups is 1. The van der Waals surface area contributed by atoms with Crippen LogP contribution < -0.4 is 0 Å². The van der Waals surface area contributed by atoms with Crippen molar-refractivity contribution < 1.29 is 14.3 Å². The van der Waals surface area contributed by atoms with Gasteiger partial charge in [0.25, 0.3) is 5.91 Å². The summed E-state index contributed by atoms with van der Waals surface area (Å²) in [5.74, 6) is -1.10. The molecule has 0 radical (unpaired) electrons. The molecule has 1 N–H and O–H groups in total. The third-order valence-electron chi connectivity index (χ3n) is 2.78. The Morgan fingerprint density at radius 1 is 1.67 bits per heavy atom. The molecule has 1 aromatic carbocycles. The van der Waals surface area contributed by atoms with Gasteiger partial charge in [-0.15, -0.1) is 11.6 Å². The summed E-state index contributed by atoms with van der Waals surface area (Å²) >= 11 is 5.51. The number of halogens is 2. The standard InChI is InChI=1S/C12H12ClFN2O2/c1-7-4-10(16(15-7)12(18)6-13)9-5-8(14)2-3-11(9)17/h2-3,5,10,17H,4,6H2,1H3. The summed E-state index contributed by atoms with van der Waals surface area (Å²) in [5.41, 5.74) is 1.08. The van der Waals surface area contributed by atoms with Gasteiger partial charge < -0.3 is 5.11 Å². The number of rotatable bonds is 2. The molecular formula is C12H12ClFN2O2. The number of aromatic hydroxyl groups is 1. The van der Waals surface area contributed by atoms with E-state index < -0.39 is 11.9 Å². The largest absolute Gasteiger partial charge is 0.508 e. The molecule has 1 unspecified atom stereocenters. The minimum Gasteiger partial charge on any atom is -0.508 e. The number of nitrogens with zero attached hydrogens (tertiary/aromatic N) is 2. The van der Waals surface area contributed by atoms with E-state index in [-0.39, 0.29) is 17.5 Å². The van der Waals surface area contributed by atoms with Crippen molar-refractivity contribution in [1.29, 1.82) is 0 Å². The number of phenolic OH excluding ortho intramolecular Hbond substituents is 1. The van der Waals surface area contributed by atoms with E-state index >= 15 is 0 Å². The second-order valence-electron chi connectivity index (χ2n) is 4.13. The Balaban J connectivity index is 2.38. The molecule has 1 atom stereocenters. The highest BCUT2D eigenvalue weighted by Crippen LogP contribution is 2.36. The van der Waals surface area contributed by atoms with Crippen LogP contribution in [0.2, 0.25) is 0 Å². The van der Waals surface area contributed by atoms with Crippen LogP contribution in [0.1, 0.15) is 24.9 Å². The predicted molar refractivity (Wildman–Crippen MR) is 66.1 cm³/mol. The average molecular weight is 271 g/mol. The van der Waals surface area contributed by atoms with Crippen LogP contribution in [-0.2, 0) is 4.79 Å². The van der Waals surface area contributed by atoms with E-state index in [0.29, 0.717) is 12.0 Å².